The highest BCUT2D eigenvalue weighted by atomic mass is 16.5. The van der Waals surface area contributed by atoms with Gasteiger partial charge >= 0.3 is 0 Å². The van der Waals surface area contributed by atoms with Crippen LogP contribution in [-0.4, -0.2) is 22.8 Å². The molecular formula is C39H33N5O2. The molecule has 0 saturated carbocycles. The van der Waals surface area contributed by atoms with Crippen LogP contribution in [0.2, 0.25) is 0 Å². The topological polar surface area (TPSA) is 55.1 Å². The van der Waals surface area contributed by atoms with E-state index in [1.807, 2.05) is 47.1 Å². The number of benzene rings is 5. The maximum atomic E-state index is 6.25. The minimum atomic E-state index is -0.209. The number of ether oxygens (including phenoxy) is 2. The monoisotopic (exact) mass is 603 g/mol. The van der Waals surface area contributed by atoms with E-state index in [1.54, 1.807) is 7.11 Å². The van der Waals surface area contributed by atoms with Gasteiger partial charge in [-0.3, -0.25) is 4.90 Å². The molecule has 0 spiro atoms. The Morgan fingerprint density at radius 2 is 1.35 bits per heavy atom. The molecule has 0 fully saturated rings. The van der Waals surface area contributed by atoms with E-state index in [4.69, 9.17) is 19.6 Å². The molecule has 0 aliphatic carbocycles. The van der Waals surface area contributed by atoms with Crippen LogP contribution in [0, 0.1) is 6.92 Å². The smallest absolute Gasteiger partial charge is 0.213 e. The van der Waals surface area contributed by atoms with Crippen molar-refractivity contribution in [1.29, 1.82) is 0 Å². The summed E-state index contributed by atoms with van der Waals surface area (Å²) in [6.07, 6.45) is 0. The zero-order valence-electron chi connectivity index (χ0n) is 25.7. The molecule has 0 amide bonds. The largest absolute Gasteiger partial charge is 0.493 e. The molecule has 3 heterocycles. The zero-order chi connectivity index (χ0) is 31.0. The summed E-state index contributed by atoms with van der Waals surface area (Å²) in [6, 6.07) is 45.5. The van der Waals surface area contributed by atoms with Crippen molar-refractivity contribution < 1.29 is 9.47 Å². The Balaban J connectivity index is 1.28. The Bertz CT molecular complexity index is 2040. The molecule has 0 saturated heterocycles. The van der Waals surface area contributed by atoms with Crippen molar-refractivity contribution >= 4 is 23.2 Å². The van der Waals surface area contributed by atoms with Gasteiger partial charge in [0, 0.05) is 5.56 Å². The lowest BCUT2D eigenvalue weighted by molar-refractivity contribution is 0.284. The second-order valence-corrected chi connectivity index (χ2v) is 11.5. The van der Waals surface area contributed by atoms with Gasteiger partial charge in [-0.05, 0) is 60.0 Å². The molecule has 2 aliphatic heterocycles. The third kappa shape index (κ3) is 4.77. The summed E-state index contributed by atoms with van der Waals surface area (Å²) in [7, 11) is 1.69. The molecule has 1 atom stereocenters. The zero-order valence-corrected chi connectivity index (χ0v) is 25.7. The fourth-order valence-electron chi connectivity index (χ4n) is 6.48. The van der Waals surface area contributed by atoms with Gasteiger partial charge in [-0.15, -0.1) is 0 Å². The lowest BCUT2D eigenvalue weighted by Crippen LogP contribution is -2.42. The predicted molar refractivity (Wildman–Crippen MR) is 183 cm³/mol. The number of aromatic nitrogens is 2. The molecule has 8 rings (SSSR count). The number of hydrogen-bond acceptors (Lipinski definition) is 6. The van der Waals surface area contributed by atoms with Crippen LogP contribution in [0.3, 0.4) is 0 Å². The van der Waals surface area contributed by atoms with Gasteiger partial charge in [-0.25, -0.2) is 4.68 Å². The van der Waals surface area contributed by atoms with Crippen LogP contribution in [0.1, 0.15) is 34.0 Å². The number of methoxy groups -OCH3 is 1. The van der Waals surface area contributed by atoms with Gasteiger partial charge in [0.05, 0.1) is 42.5 Å². The lowest BCUT2D eigenvalue weighted by Gasteiger charge is -2.35. The summed E-state index contributed by atoms with van der Waals surface area (Å²) in [6.45, 7) is 3.21. The average molecular weight is 604 g/mol. The Labute approximate surface area is 268 Å². The summed E-state index contributed by atoms with van der Waals surface area (Å²) >= 11 is 0. The first-order chi connectivity index (χ1) is 22.7. The Kier molecular flexibility index (Phi) is 6.99. The fourth-order valence-corrected chi connectivity index (χ4v) is 6.48. The summed E-state index contributed by atoms with van der Waals surface area (Å²) in [5.74, 6) is 3.07. The number of hydrogen-bond donors (Lipinski definition) is 0. The molecule has 2 aliphatic rings. The maximum absolute atomic E-state index is 6.25. The number of rotatable bonds is 8. The quantitative estimate of drug-likeness (QED) is 0.175. The molecule has 7 nitrogen and oxygen atoms in total. The standard InChI is InChI=1S/C39H33N5O2/c1-27-36-37(30-22-23-34(35(24-30)45-2)46-26-29-16-8-4-9-17-29)43-33-21-13-12-20-32(33)42(25-28-14-6-3-7-15-28)39(43)40-38(36)44(41-27)31-18-10-5-11-19-31/h3-24,37H,25-26H2,1-2H3. The second-order valence-electron chi connectivity index (χ2n) is 11.5. The van der Waals surface area contributed by atoms with Crippen molar-refractivity contribution in [3.05, 3.63) is 161 Å². The van der Waals surface area contributed by atoms with E-state index in [2.05, 4.69) is 108 Å². The van der Waals surface area contributed by atoms with Crippen LogP contribution in [-0.2, 0) is 13.2 Å². The number of aryl methyl sites for hydroxylation is 1. The molecule has 1 unspecified atom stereocenters. The van der Waals surface area contributed by atoms with E-state index in [1.165, 1.54) is 5.56 Å². The Morgan fingerprint density at radius 1 is 0.696 bits per heavy atom. The normalized spacial score (nSPS) is 14.7. The van der Waals surface area contributed by atoms with Crippen LogP contribution in [0.15, 0.2) is 138 Å². The van der Waals surface area contributed by atoms with Crippen LogP contribution < -0.4 is 19.3 Å². The van der Waals surface area contributed by atoms with E-state index >= 15 is 0 Å². The first kappa shape index (κ1) is 27.7. The SMILES string of the molecule is COc1cc(C2c3c(C)nn(-c4ccccc4)c3N=C3N(Cc4ccccc4)c4ccccc4N32)ccc1OCc1ccccc1. The third-order valence-corrected chi connectivity index (χ3v) is 8.63. The number of nitrogens with zero attached hydrogens (tertiary/aromatic N) is 5. The van der Waals surface area contributed by atoms with Crippen LogP contribution in [0.5, 0.6) is 11.5 Å². The van der Waals surface area contributed by atoms with Gasteiger partial charge in [-0.2, -0.15) is 10.1 Å². The summed E-state index contributed by atoms with van der Waals surface area (Å²) in [5.41, 5.74) is 8.54. The van der Waals surface area contributed by atoms with Gasteiger partial charge in [-0.1, -0.05) is 97.1 Å². The van der Waals surface area contributed by atoms with Crippen LogP contribution >= 0.6 is 0 Å². The molecule has 0 bridgehead atoms. The van der Waals surface area contributed by atoms with Crippen molar-refractivity contribution in [3.8, 4) is 17.2 Å². The van der Waals surface area contributed by atoms with E-state index < -0.39 is 0 Å². The third-order valence-electron chi connectivity index (χ3n) is 8.63. The average Bonchev–Trinajstić information content (AvgIpc) is 3.61. The summed E-state index contributed by atoms with van der Waals surface area (Å²) in [4.78, 5) is 10.1. The number of guanidine groups is 1. The molecule has 226 valence electrons. The van der Waals surface area contributed by atoms with E-state index in [0.717, 1.165) is 51.2 Å². The van der Waals surface area contributed by atoms with E-state index in [0.29, 0.717) is 24.7 Å². The van der Waals surface area contributed by atoms with Crippen LogP contribution in [0.4, 0.5) is 17.2 Å². The van der Waals surface area contributed by atoms with Crippen molar-refractivity contribution in [2.24, 2.45) is 4.99 Å². The first-order valence-electron chi connectivity index (χ1n) is 15.5. The number of para-hydroxylation sites is 3. The fraction of sp³-hybridized carbons (Fsp3) is 0.128. The van der Waals surface area contributed by atoms with E-state index in [-0.39, 0.29) is 6.04 Å². The second kappa shape index (κ2) is 11.6. The molecule has 46 heavy (non-hydrogen) atoms. The maximum Gasteiger partial charge on any atom is 0.213 e. The predicted octanol–water partition coefficient (Wildman–Crippen LogP) is 8.39. The first-order valence-corrected chi connectivity index (χ1v) is 15.5. The highest BCUT2D eigenvalue weighted by Crippen LogP contribution is 2.51. The molecular weight excluding hydrogens is 570 g/mol. The number of fused-ring (bicyclic) bond motifs is 4. The summed E-state index contributed by atoms with van der Waals surface area (Å²) in [5, 5.41) is 5.06. The molecule has 0 radical (unpaired) electrons. The van der Waals surface area contributed by atoms with Gasteiger partial charge in [0.1, 0.15) is 6.61 Å². The van der Waals surface area contributed by atoms with Gasteiger partial charge in [0.25, 0.3) is 0 Å². The Hall–Kier alpha value is -5.82. The van der Waals surface area contributed by atoms with Gasteiger partial charge in [0.2, 0.25) is 5.96 Å². The minimum absolute atomic E-state index is 0.209. The molecule has 0 N–H and O–H groups in total. The highest BCUT2D eigenvalue weighted by molar-refractivity contribution is 6.18. The molecule has 1 aromatic heterocycles. The van der Waals surface area contributed by atoms with E-state index in [9.17, 15) is 0 Å². The van der Waals surface area contributed by atoms with Gasteiger partial charge in [0.15, 0.2) is 17.3 Å². The van der Waals surface area contributed by atoms with Crippen molar-refractivity contribution in [3.63, 3.8) is 0 Å². The van der Waals surface area contributed by atoms with Crippen LogP contribution in [0.25, 0.3) is 5.69 Å². The summed E-state index contributed by atoms with van der Waals surface area (Å²) < 4.78 is 14.2. The Morgan fingerprint density at radius 3 is 2.07 bits per heavy atom. The lowest BCUT2D eigenvalue weighted by atomic mass is 9.95. The van der Waals surface area contributed by atoms with Crippen molar-refractivity contribution in [2.75, 3.05) is 16.9 Å². The molecule has 6 aromatic rings. The molecule has 7 heteroatoms. The van der Waals surface area contributed by atoms with Crippen molar-refractivity contribution in [2.45, 2.75) is 26.1 Å². The van der Waals surface area contributed by atoms with Gasteiger partial charge < -0.3 is 14.4 Å². The highest BCUT2D eigenvalue weighted by Gasteiger charge is 2.44. The number of anilines is 2. The number of aliphatic imine (C=N–C) groups is 1. The molecule has 5 aromatic carbocycles. The minimum Gasteiger partial charge on any atom is -0.493 e. The van der Waals surface area contributed by atoms with Crippen molar-refractivity contribution in [1.82, 2.24) is 9.78 Å².